The summed E-state index contributed by atoms with van der Waals surface area (Å²) in [6, 6.07) is 16.3. The van der Waals surface area contributed by atoms with Crippen molar-refractivity contribution in [2.45, 2.75) is 38.3 Å². The fourth-order valence-corrected chi connectivity index (χ4v) is 2.72. The van der Waals surface area contributed by atoms with Crippen molar-refractivity contribution in [1.82, 2.24) is 5.32 Å². The SMILES string of the molecule is COc1ccc(CCCCOc2ccc(CCNCCC(=O)O)cc2)cc1.O=C(O)C(F)(F)F. The molecule has 7 nitrogen and oxygen atoms in total. The van der Waals surface area contributed by atoms with Crippen LogP contribution in [-0.2, 0) is 22.4 Å². The first-order chi connectivity index (χ1) is 16.1. The van der Waals surface area contributed by atoms with Crippen molar-refractivity contribution >= 4 is 11.9 Å². The van der Waals surface area contributed by atoms with Crippen LogP contribution in [0.3, 0.4) is 0 Å². The normalized spacial score (nSPS) is 10.7. The molecule has 0 aliphatic heterocycles. The predicted octanol–water partition coefficient (Wildman–Crippen LogP) is 4.34. The zero-order chi connectivity index (χ0) is 25.4. The summed E-state index contributed by atoms with van der Waals surface area (Å²) in [4.78, 5) is 19.3. The number of carbonyl (C=O) groups is 2. The van der Waals surface area contributed by atoms with Crippen molar-refractivity contribution in [3.63, 3.8) is 0 Å². The average molecular weight is 485 g/mol. The second-order valence-electron chi connectivity index (χ2n) is 7.24. The van der Waals surface area contributed by atoms with E-state index in [1.54, 1.807) is 7.11 Å². The molecule has 0 fully saturated rings. The molecule has 0 radical (unpaired) electrons. The maximum atomic E-state index is 10.6. The lowest BCUT2D eigenvalue weighted by molar-refractivity contribution is -0.192. The summed E-state index contributed by atoms with van der Waals surface area (Å²) in [6.07, 6.45) is -0.901. The smallest absolute Gasteiger partial charge is 0.490 e. The van der Waals surface area contributed by atoms with E-state index in [1.807, 2.05) is 24.3 Å². The van der Waals surface area contributed by atoms with Crippen LogP contribution in [0, 0.1) is 0 Å². The van der Waals surface area contributed by atoms with Crippen molar-refractivity contribution in [3.05, 3.63) is 59.7 Å². The van der Waals surface area contributed by atoms with Gasteiger partial charge in [-0.3, -0.25) is 4.79 Å². The van der Waals surface area contributed by atoms with Crippen molar-refractivity contribution in [3.8, 4) is 11.5 Å². The van der Waals surface area contributed by atoms with E-state index in [-0.39, 0.29) is 6.42 Å². The molecule has 2 aromatic rings. The van der Waals surface area contributed by atoms with E-state index in [2.05, 4.69) is 29.6 Å². The highest BCUT2D eigenvalue weighted by atomic mass is 19.4. The monoisotopic (exact) mass is 485 g/mol. The third-order valence-corrected chi connectivity index (χ3v) is 4.56. The number of halogens is 3. The van der Waals surface area contributed by atoms with Gasteiger partial charge in [0, 0.05) is 6.54 Å². The number of aryl methyl sites for hydroxylation is 1. The molecule has 2 rings (SSSR count). The average Bonchev–Trinajstić information content (AvgIpc) is 2.79. The number of unbranched alkanes of at least 4 members (excludes halogenated alkanes) is 1. The van der Waals surface area contributed by atoms with Crippen LogP contribution in [0.25, 0.3) is 0 Å². The quantitative estimate of drug-likeness (QED) is 0.363. The predicted molar refractivity (Wildman–Crippen MR) is 120 cm³/mol. The third kappa shape index (κ3) is 13.3. The molecule has 10 heteroatoms. The lowest BCUT2D eigenvalue weighted by atomic mass is 10.1. The maximum absolute atomic E-state index is 10.6. The van der Waals surface area contributed by atoms with Crippen molar-refractivity contribution in [2.24, 2.45) is 0 Å². The molecule has 188 valence electrons. The summed E-state index contributed by atoms with van der Waals surface area (Å²) < 4.78 is 42.7. The van der Waals surface area contributed by atoms with Gasteiger partial charge in [-0.1, -0.05) is 24.3 Å². The first-order valence-electron chi connectivity index (χ1n) is 10.7. The summed E-state index contributed by atoms with van der Waals surface area (Å²) >= 11 is 0. The Hall–Kier alpha value is -3.27. The Morgan fingerprint density at radius 3 is 1.88 bits per heavy atom. The van der Waals surface area contributed by atoms with E-state index in [0.717, 1.165) is 43.7 Å². The fraction of sp³-hybridized carbons (Fsp3) is 0.417. The van der Waals surface area contributed by atoms with Gasteiger partial charge in [0.1, 0.15) is 11.5 Å². The molecule has 0 saturated carbocycles. The standard InChI is InChI=1S/C22H29NO4.C2HF3O2/c1-26-20-9-5-18(6-10-20)4-2-3-17-27-21-11-7-19(8-12-21)13-15-23-16-14-22(24)25;3-2(4,5)1(6)7/h5-12,23H,2-4,13-17H2,1H3,(H,24,25);(H,6,7). The van der Waals surface area contributed by atoms with Crippen molar-refractivity contribution in [2.75, 3.05) is 26.8 Å². The van der Waals surface area contributed by atoms with Crippen LogP contribution in [0.4, 0.5) is 13.2 Å². The Morgan fingerprint density at radius 1 is 0.853 bits per heavy atom. The molecule has 0 atom stereocenters. The molecular formula is C24H30F3NO6. The molecule has 0 spiro atoms. The highest BCUT2D eigenvalue weighted by Crippen LogP contribution is 2.15. The van der Waals surface area contributed by atoms with Gasteiger partial charge in [0.15, 0.2) is 0 Å². The van der Waals surface area contributed by atoms with E-state index in [9.17, 15) is 18.0 Å². The molecule has 0 amide bonds. The largest absolute Gasteiger partial charge is 0.497 e. The van der Waals surface area contributed by atoms with Gasteiger partial charge in [0.05, 0.1) is 20.1 Å². The van der Waals surface area contributed by atoms with E-state index in [0.29, 0.717) is 13.2 Å². The van der Waals surface area contributed by atoms with Crippen LogP contribution in [0.5, 0.6) is 11.5 Å². The van der Waals surface area contributed by atoms with Crippen LogP contribution in [0.15, 0.2) is 48.5 Å². The topological polar surface area (TPSA) is 105 Å². The summed E-state index contributed by atoms with van der Waals surface area (Å²) in [7, 11) is 1.68. The first kappa shape index (κ1) is 28.8. The zero-order valence-electron chi connectivity index (χ0n) is 18.9. The van der Waals surface area contributed by atoms with Gasteiger partial charge in [0.2, 0.25) is 0 Å². The number of carboxylic acids is 2. The lowest BCUT2D eigenvalue weighted by Crippen LogP contribution is -2.21. The minimum Gasteiger partial charge on any atom is -0.497 e. The molecule has 0 saturated heterocycles. The summed E-state index contributed by atoms with van der Waals surface area (Å²) in [6.45, 7) is 2.00. The number of rotatable bonds is 13. The number of alkyl halides is 3. The summed E-state index contributed by atoms with van der Waals surface area (Å²) in [5, 5.41) is 18.8. The highest BCUT2D eigenvalue weighted by molar-refractivity contribution is 5.73. The molecular weight excluding hydrogens is 455 g/mol. The number of hydrogen-bond donors (Lipinski definition) is 3. The van der Waals surface area contributed by atoms with Gasteiger partial charge < -0.3 is 25.0 Å². The van der Waals surface area contributed by atoms with Gasteiger partial charge >= 0.3 is 18.1 Å². The van der Waals surface area contributed by atoms with E-state index < -0.39 is 18.1 Å². The Balaban J connectivity index is 0.000000718. The van der Waals surface area contributed by atoms with Crippen LogP contribution in [0.1, 0.15) is 30.4 Å². The molecule has 0 aromatic heterocycles. The highest BCUT2D eigenvalue weighted by Gasteiger charge is 2.38. The van der Waals surface area contributed by atoms with Crippen LogP contribution in [0.2, 0.25) is 0 Å². The Labute approximate surface area is 196 Å². The van der Waals surface area contributed by atoms with Crippen LogP contribution < -0.4 is 14.8 Å². The van der Waals surface area contributed by atoms with Gasteiger partial charge in [-0.25, -0.2) is 4.79 Å². The Morgan fingerprint density at radius 2 is 1.38 bits per heavy atom. The molecule has 34 heavy (non-hydrogen) atoms. The Kier molecular flexibility index (Phi) is 13.2. The van der Waals surface area contributed by atoms with Gasteiger partial charge in [-0.05, 0) is 67.6 Å². The molecule has 0 unspecified atom stereocenters. The molecule has 2 aromatic carbocycles. The fourth-order valence-electron chi connectivity index (χ4n) is 2.72. The second-order valence-corrected chi connectivity index (χ2v) is 7.24. The first-order valence-corrected chi connectivity index (χ1v) is 10.7. The molecule has 0 aliphatic carbocycles. The summed E-state index contributed by atoms with van der Waals surface area (Å²) in [5.41, 5.74) is 2.53. The number of nitrogens with one attached hydrogen (secondary N) is 1. The maximum Gasteiger partial charge on any atom is 0.490 e. The number of carboxylic acid groups (broad SMARTS) is 2. The lowest BCUT2D eigenvalue weighted by Gasteiger charge is -2.08. The number of ether oxygens (including phenoxy) is 2. The van der Waals surface area contributed by atoms with Crippen molar-refractivity contribution in [1.29, 1.82) is 0 Å². The molecule has 0 bridgehead atoms. The van der Waals surface area contributed by atoms with Crippen LogP contribution >= 0.6 is 0 Å². The minimum atomic E-state index is -5.08. The number of aliphatic carboxylic acids is 2. The number of methoxy groups -OCH3 is 1. The summed E-state index contributed by atoms with van der Waals surface area (Å²) in [5.74, 6) is -1.75. The molecule has 0 heterocycles. The zero-order valence-corrected chi connectivity index (χ0v) is 18.9. The van der Waals surface area contributed by atoms with Crippen molar-refractivity contribution < 1.29 is 42.4 Å². The van der Waals surface area contributed by atoms with E-state index >= 15 is 0 Å². The van der Waals surface area contributed by atoms with Crippen LogP contribution in [-0.4, -0.2) is 55.1 Å². The van der Waals surface area contributed by atoms with E-state index in [1.165, 1.54) is 11.1 Å². The molecule has 3 N–H and O–H groups in total. The second kappa shape index (κ2) is 15.5. The number of benzene rings is 2. The third-order valence-electron chi connectivity index (χ3n) is 4.56. The van der Waals surface area contributed by atoms with Gasteiger partial charge in [0.25, 0.3) is 0 Å². The number of hydrogen-bond acceptors (Lipinski definition) is 5. The minimum absolute atomic E-state index is 0.158. The molecule has 0 aliphatic rings. The Bertz CT molecular complexity index is 855. The van der Waals surface area contributed by atoms with Gasteiger partial charge in [-0.2, -0.15) is 13.2 Å². The van der Waals surface area contributed by atoms with E-state index in [4.69, 9.17) is 24.5 Å². The van der Waals surface area contributed by atoms with Gasteiger partial charge in [-0.15, -0.1) is 0 Å².